The van der Waals surface area contributed by atoms with Crippen LogP contribution in [0.4, 0.5) is 0 Å². The van der Waals surface area contributed by atoms with Crippen molar-refractivity contribution in [2.75, 3.05) is 0 Å². The fraction of sp³-hybridized carbons (Fsp3) is 0.364. The predicted molar refractivity (Wildman–Crippen MR) is 58.1 cm³/mol. The van der Waals surface area contributed by atoms with E-state index in [-0.39, 0.29) is 0 Å². The van der Waals surface area contributed by atoms with E-state index >= 15 is 0 Å². The summed E-state index contributed by atoms with van der Waals surface area (Å²) in [5, 5.41) is 0. The lowest BCUT2D eigenvalue weighted by Crippen LogP contribution is -1.84. The molecule has 0 saturated heterocycles. The molecule has 3 heteroatoms. The Bertz CT molecular complexity index is 352. The zero-order valence-corrected chi connectivity index (χ0v) is 9.23. The Kier molecular flexibility index (Phi) is 3.51. The number of rotatable bonds is 0. The van der Waals surface area contributed by atoms with E-state index in [1.54, 1.807) is 6.33 Å². The first kappa shape index (κ1) is 10.6. The molecule has 2 heterocycles. The first-order valence-corrected chi connectivity index (χ1v) is 4.62. The molecule has 2 aromatic rings. The summed E-state index contributed by atoms with van der Waals surface area (Å²) in [7, 11) is 4.00. The summed E-state index contributed by atoms with van der Waals surface area (Å²) in [5.41, 5.74) is 2.38. The summed E-state index contributed by atoms with van der Waals surface area (Å²) in [5.74, 6) is 0. The lowest BCUT2D eigenvalue weighted by Gasteiger charge is -1.89. The number of hydrogen-bond acceptors (Lipinski definition) is 1. The van der Waals surface area contributed by atoms with Gasteiger partial charge in [-0.25, -0.2) is 4.98 Å². The monoisotopic (exact) mass is 191 g/mol. The fourth-order valence-electron chi connectivity index (χ4n) is 1.09. The molecule has 0 radical (unpaired) electrons. The summed E-state index contributed by atoms with van der Waals surface area (Å²) in [6.07, 6.45) is 5.80. The molecule has 0 N–H and O–H groups in total. The van der Waals surface area contributed by atoms with Crippen LogP contribution in [0.3, 0.4) is 0 Å². The smallest absolute Gasteiger partial charge is 0.0946 e. The molecule has 0 aliphatic carbocycles. The maximum absolute atomic E-state index is 3.98. The van der Waals surface area contributed by atoms with Crippen molar-refractivity contribution in [3.63, 3.8) is 0 Å². The molecule has 0 atom stereocenters. The fourth-order valence-corrected chi connectivity index (χ4v) is 1.09. The van der Waals surface area contributed by atoms with Gasteiger partial charge in [0, 0.05) is 32.2 Å². The molecule has 0 aliphatic heterocycles. The first-order valence-electron chi connectivity index (χ1n) is 4.62. The molecular formula is C11H17N3. The minimum Gasteiger partial charge on any atom is -0.355 e. The second-order valence-corrected chi connectivity index (χ2v) is 3.44. The van der Waals surface area contributed by atoms with Crippen molar-refractivity contribution in [2.45, 2.75) is 13.8 Å². The molecule has 14 heavy (non-hydrogen) atoms. The van der Waals surface area contributed by atoms with Gasteiger partial charge in [0.1, 0.15) is 0 Å². The Morgan fingerprint density at radius 3 is 2.07 bits per heavy atom. The van der Waals surface area contributed by atoms with Gasteiger partial charge in [-0.1, -0.05) is 0 Å². The molecular weight excluding hydrogens is 174 g/mol. The van der Waals surface area contributed by atoms with Crippen LogP contribution in [0.25, 0.3) is 0 Å². The molecule has 3 nitrogen and oxygen atoms in total. The highest BCUT2D eigenvalue weighted by Gasteiger charge is 1.82. The van der Waals surface area contributed by atoms with Gasteiger partial charge in [-0.05, 0) is 26.0 Å². The van der Waals surface area contributed by atoms with Crippen molar-refractivity contribution in [3.05, 3.63) is 42.2 Å². The first-order chi connectivity index (χ1) is 6.59. The van der Waals surface area contributed by atoms with Gasteiger partial charge in [-0.2, -0.15) is 0 Å². The summed E-state index contributed by atoms with van der Waals surface area (Å²) < 4.78 is 4.01. The molecule has 0 amide bonds. The Morgan fingerprint density at radius 1 is 1.21 bits per heavy atom. The maximum Gasteiger partial charge on any atom is 0.0946 e. The van der Waals surface area contributed by atoms with Crippen molar-refractivity contribution in [1.82, 2.24) is 14.1 Å². The van der Waals surface area contributed by atoms with Crippen LogP contribution in [-0.4, -0.2) is 14.1 Å². The Labute approximate surface area is 85.0 Å². The molecule has 0 aromatic carbocycles. The molecule has 0 bridgehead atoms. The van der Waals surface area contributed by atoms with Gasteiger partial charge in [0.25, 0.3) is 0 Å². The van der Waals surface area contributed by atoms with Crippen LogP contribution >= 0.6 is 0 Å². The quantitative estimate of drug-likeness (QED) is 0.625. The lowest BCUT2D eigenvalue weighted by atomic mass is 10.5. The van der Waals surface area contributed by atoms with Crippen molar-refractivity contribution in [3.8, 4) is 0 Å². The van der Waals surface area contributed by atoms with E-state index in [0.29, 0.717) is 0 Å². The number of aromatic nitrogens is 3. The largest absolute Gasteiger partial charge is 0.355 e. The summed E-state index contributed by atoms with van der Waals surface area (Å²) in [6, 6.07) is 4.12. The Hall–Kier alpha value is -1.51. The summed E-state index contributed by atoms with van der Waals surface area (Å²) >= 11 is 0. The topological polar surface area (TPSA) is 22.8 Å². The van der Waals surface area contributed by atoms with Crippen LogP contribution in [0.1, 0.15) is 11.4 Å². The number of imidazole rings is 1. The minimum atomic E-state index is 1.07. The molecule has 2 rings (SSSR count). The maximum atomic E-state index is 3.98. The molecule has 0 saturated carbocycles. The van der Waals surface area contributed by atoms with E-state index in [1.165, 1.54) is 5.69 Å². The second kappa shape index (κ2) is 4.65. The SMILES string of the molecule is Cc1cccn1C.Cc1cn(C)cn1. The van der Waals surface area contributed by atoms with E-state index in [4.69, 9.17) is 0 Å². The van der Waals surface area contributed by atoms with E-state index in [0.717, 1.165) is 5.69 Å². The van der Waals surface area contributed by atoms with Crippen LogP contribution in [0, 0.1) is 13.8 Å². The van der Waals surface area contributed by atoms with Gasteiger partial charge >= 0.3 is 0 Å². The molecule has 76 valence electrons. The van der Waals surface area contributed by atoms with Crippen molar-refractivity contribution in [2.24, 2.45) is 14.1 Å². The Morgan fingerprint density at radius 2 is 1.93 bits per heavy atom. The van der Waals surface area contributed by atoms with E-state index < -0.39 is 0 Å². The van der Waals surface area contributed by atoms with Gasteiger partial charge in [-0.3, -0.25) is 0 Å². The molecule has 0 spiro atoms. The summed E-state index contributed by atoms with van der Waals surface area (Å²) in [4.78, 5) is 3.98. The van der Waals surface area contributed by atoms with Crippen molar-refractivity contribution in [1.29, 1.82) is 0 Å². The van der Waals surface area contributed by atoms with E-state index in [9.17, 15) is 0 Å². The van der Waals surface area contributed by atoms with Crippen LogP contribution in [-0.2, 0) is 14.1 Å². The third-order valence-electron chi connectivity index (χ3n) is 2.04. The van der Waals surface area contributed by atoms with Gasteiger partial charge in [0.05, 0.1) is 12.0 Å². The molecule has 2 aromatic heterocycles. The standard InChI is InChI=1S/C6H9N.C5H8N2/c1-6-4-3-5-7(6)2;1-5-3-7(2)4-6-5/h3-5H,1-2H3;3-4H,1-2H3. The highest BCUT2D eigenvalue weighted by Crippen LogP contribution is 1.93. The van der Waals surface area contributed by atoms with Crippen LogP contribution < -0.4 is 0 Å². The molecule has 0 fully saturated rings. The predicted octanol–water partition coefficient (Wildman–Crippen LogP) is 2.06. The number of aryl methyl sites for hydroxylation is 4. The molecule has 0 unspecified atom stereocenters. The average molecular weight is 191 g/mol. The highest BCUT2D eigenvalue weighted by atomic mass is 15.0. The van der Waals surface area contributed by atoms with E-state index in [2.05, 4.69) is 22.5 Å². The normalized spacial score (nSPS) is 9.43. The van der Waals surface area contributed by atoms with Gasteiger partial charge in [0.15, 0.2) is 0 Å². The zero-order valence-electron chi connectivity index (χ0n) is 9.23. The zero-order chi connectivity index (χ0) is 10.6. The Balaban J connectivity index is 0.000000140. The van der Waals surface area contributed by atoms with Crippen LogP contribution in [0.15, 0.2) is 30.9 Å². The van der Waals surface area contributed by atoms with E-state index in [1.807, 2.05) is 44.0 Å². The minimum absolute atomic E-state index is 1.07. The van der Waals surface area contributed by atoms with Crippen LogP contribution in [0.2, 0.25) is 0 Å². The van der Waals surface area contributed by atoms with Gasteiger partial charge < -0.3 is 9.13 Å². The second-order valence-electron chi connectivity index (χ2n) is 3.44. The van der Waals surface area contributed by atoms with Crippen LogP contribution in [0.5, 0.6) is 0 Å². The van der Waals surface area contributed by atoms with Crippen molar-refractivity contribution < 1.29 is 0 Å². The molecule has 0 aliphatic rings. The number of hydrogen-bond donors (Lipinski definition) is 0. The average Bonchev–Trinajstić information content (AvgIpc) is 2.65. The summed E-state index contributed by atoms with van der Waals surface area (Å²) in [6.45, 7) is 4.06. The number of nitrogens with zero attached hydrogens (tertiary/aromatic N) is 3. The lowest BCUT2D eigenvalue weighted by molar-refractivity contribution is 0.882. The third-order valence-corrected chi connectivity index (χ3v) is 2.04. The third kappa shape index (κ3) is 3.09. The van der Waals surface area contributed by atoms with Gasteiger partial charge in [0.2, 0.25) is 0 Å². The van der Waals surface area contributed by atoms with Gasteiger partial charge in [-0.15, -0.1) is 0 Å². The highest BCUT2D eigenvalue weighted by molar-refractivity contribution is 5.02. The van der Waals surface area contributed by atoms with Crippen molar-refractivity contribution >= 4 is 0 Å².